The third kappa shape index (κ3) is 3.76. The van der Waals surface area contributed by atoms with Gasteiger partial charge in [0.05, 0.1) is 17.0 Å². The van der Waals surface area contributed by atoms with E-state index < -0.39 is 35.7 Å². The summed E-state index contributed by atoms with van der Waals surface area (Å²) in [6.45, 7) is 5.08. The molecule has 0 saturated heterocycles. The zero-order valence-corrected chi connectivity index (χ0v) is 16.4. The lowest BCUT2D eigenvalue weighted by Crippen LogP contribution is -2.50. The van der Waals surface area contributed by atoms with E-state index in [1.807, 2.05) is 0 Å². The van der Waals surface area contributed by atoms with Gasteiger partial charge in [-0.1, -0.05) is 38.1 Å². The van der Waals surface area contributed by atoms with Crippen molar-refractivity contribution in [1.82, 2.24) is 4.90 Å². The molecule has 2 atom stereocenters. The van der Waals surface area contributed by atoms with Crippen molar-refractivity contribution >= 4 is 29.4 Å². The minimum Gasteiger partial charge on any atom is -0.481 e. The van der Waals surface area contributed by atoms with Crippen molar-refractivity contribution in [3.63, 3.8) is 0 Å². The Morgan fingerprint density at radius 1 is 0.931 bits per heavy atom. The fraction of sp³-hybridized carbons (Fsp3) is 0.273. The van der Waals surface area contributed by atoms with Crippen LogP contribution in [-0.4, -0.2) is 39.7 Å². The Morgan fingerprint density at radius 2 is 1.52 bits per heavy atom. The number of anilines is 1. The van der Waals surface area contributed by atoms with Gasteiger partial charge in [-0.3, -0.25) is 24.1 Å². The number of imide groups is 1. The van der Waals surface area contributed by atoms with Crippen molar-refractivity contribution in [3.05, 3.63) is 65.2 Å². The van der Waals surface area contributed by atoms with E-state index in [2.05, 4.69) is 5.32 Å². The SMILES string of the molecule is CC(C(=O)O)c1cccc(NC(=O)C(C(C)C)N2C(=O)c3ccccc3C2=O)c1. The maximum Gasteiger partial charge on any atom is 0.310 e. The van der Waals surface area contributed by atoms with E-state index in [1.165, 1.54) is 0 Å². The van der Waals surface area contributed by atoms with E-state index in [0.29, 0.717) is 11.3 Å². The number of carboxylic acids is 1. The van der Waals surface area contributed by atoms with Gasteiger partial charge in [0.15, 0.2) is 0 Å². The average molecular weight is 394 g/mol. The van der Waals surface area contributed by atoms with Gasteiger partial charge in [0.1, 0.15) is 6.04 Å². The molecule has 29 heavy (non-hydrogen) atoms. The molecule has 0 aromatic heterocycles. The summed E-state index contributed by atoms with van der Waals surface area (Å²) in [5.41, 5.74) is 1.52. The van der Waals surface area contributed by atoms with Gasteiger partial charge in [-0.25, -0.2) is 0 Å². The zero-order valence-electron chi connectivity index (χ0n) is 16.4. The summed E-state index contributed by atoms with van der Waals surface area (Å²) in [4.78, 5) is 50.8. The van der Waals surface area contributed by atoms with Crippen LogP contribution < -0.4 is 5.32 Å². The normalized spacial score (nSPS) is 15.2. The van der Waals surface area contributed by atoms with Crippen LogP contribution in [0, 0.1) is 5.92 Å². The number of hydrogen-bond donors (Lipinski definition) is 2. The first kappa shape index (κ1) is 20.3. The lowest BCUT2D eigenvalue weighted by Gasteiger charge is -2.28. The van der Waals surface area contributed by atoms with Crippen molar-refractivity contribution in [3.8, 4) is 0 Å². The molecule has 2 unspecified atom stereocenters. The van der Waals surface area contributed by atoms with E-state index in [1.54, 1.807) is 69.3 Å². The Hall–Kier alpha value is -3.48. The summed E-state index contributed by atoms with van der Waals surface area (Å²) in [5.74, 6) is -3.52. The van der Waals surface area contributed by atoms with E-state index in [4.69, 9.17) is 0 Å². The van der Waals surface area contributed by atoms with Gasteiger partial charge in [0.25, 0.3) is 11.8 Å². The quantitative estimate of drug-likeness (QED) is 0.733. The second kappa shape index (κ2) is 7.87. The van der Waals surface area contributed by atoms with E-state index in [-0.39, 0.29) is 17.0 Å². The van der Waals surface area contributed by atoms with Crippen molar-refractivity contribution in [2.45, 2.75) is 32.7 Å². The molecule has 0 bridgehead atoms. The van der Waals surface area contributed by atoms with E-state index >= 15 is 0 Å². The number of fused-ring (bicyclic) bond motifs is 1. The van der Waals surface area contributed by atoms with Crippen LogP contribution in [0.15, 0.2) is 48.5 Å². The first-order chi connectivity index (χ1) is 13.7. The third-order valence-electron chi connectivity index (χ3n) is 5.03. The maximum absolute atomic E-state index is 13.0. The standard InChI is InChI=1S/C22H22N2O5/c1-12(2)18(24-20(26)16-9-4-5-10-17(16)21(24)27)19(25)23-15-8-6-7-14(11-15)13(3)22(28)29/h4-13,18H,1-3H3,(H,23,25)(H,28,29). The molecule has 2 N–H and O–H groups in total. The molecule has 7 heteroatoms. The number of rotatable bonds is 6. The van der Waals surface area contributed by atoms with Crippen LogP contribution in [-0.2, 0) is 9.59 Å². The number of hydrogen-bond acceptors (Lipinski definition) is 4. The molecule has 0 radical (unpaired) electrons. The zero-order chi connectivity index (χ0) is 21.3. The van der Waals surface area contributed by atoms with E-state index in [0.717, 1.165) is 4.90 Å². The lowest BCUT2D eigenvalue weighted by atomic mass is 9.99. The molecule has 3 rings (SSSR count). The van der Waals surface area contributed by atoms with Gasteiger partial charge < -0.3 is 10.4 Å². The Bertz CT molecular complexity index is 963. The molecule has 3 amide bonds. The number of carbonyl (C=O) groups is 4. The summed E-state index contributed by atoms with van der Waals surface area (Å²) >= 11 is 0. The second-order valence-electron chi connectivity index (χ2n) is 7.39. The monoisotopic (exact) mass is 394 g/mol. The fourth-order valence-electron chi connectivity index (χ4n) is 3.42. The van der Waals surface area contributed by atoms with E-state index in [9.17, 15) is 24.3 Å². The number of aliphatic carboxylic acids is 1. The van der Waals surface area contributed by atoms with Gasteiger partial charge in [-0.15, -0.1) is 0 Å². The minimum absolute atomic E-state index is 0.285. The molecule has 150 valence electrons. The molecular formula is C22H22N2O5. The van der Waals surface area contributed by atoms with Crippen LogP contribution in [0.4, 0.5) is 5.69 Å². The summed E-state index contributed by atoms with van der Waals surface area (Å²) in [5, 5.41) is 11.9. The predicted molar refractivity (Wildman–Crippen MR) is 107 cm³/mol. The number of carboxylic acid groups (broad SMARTS) is 1. The van der Waals surface area contributed by atoms with Crippen LogP contribution in [0.1, 0.15) is 53.0 Å². The van der Waals surface area contributed by atoms with Gasteiger partial charge in [-0.2, -0.15) is 0 Å². The fourth-order valence-corrected chi connectivity index (χ4v) is 3.42. The molecule has 1 aliphatic heterocycles. The number of benzene rings is 2. The number of nitrogens with one attached hydrogen (secondary N) is 1. The third-order valence-corrected chi connectivity index (χ3v) is 5.03. The van der Waals surface area contributed by atoms with Gasteiger partial charge >= 0.3 is 5.97 Å². The van der Waals surface area contributed by atoms with Crippen molar-refractivity contribution in [2.75, 3.05) is 5.32 Å². The smallest absolute Gasteiger partial charge is 0.310 e. The first-order valence-corrected chi connectivity index (χ1v) is 9.33. The Labute approximate surface area is 168 Å². The van der Waals surface area contributed by atoms with Gasteiger partial charge in [-0.05, 0) is 42.7 Å². The maximum atomic E-state index is 13.0. The highest BCUT2D eigenvalue weighted by molar-refractivity contribution is 6.23. The highest BCUT2D eigenvalue weighted by Gasteiger charge is 2.43. The highest BCUT2D eigenvalue weighted by atomic mass is 16.4. The molecule has 2 aromatic carbocycles. The molecule has 0 fully saturated rings. The highest BCUT2D eigenvalue weighted by Crippen LogP contribution is 2.28. The number of carbonyl (C=O) groups excluding carboxylic acids is 3. The van der Waals surface area contributed by atoms with Crippen LogP contribution in [0.5, 0.6) is 0 Å². The molecule has 1 heterocycles. The van der Waals surface area contributed by atoms with Crippen LogP contribution in [0.2, 0.25) is 0 Å². The largest absolute Gasteiger partial charge is 0.481 e. The predicted octanol–water partition coefficient (Wildman–Crippen LogP) is 3.13. The second-order valence-corrected chi connectivity index (χ2v) is 7.39. The van der Waals surface area contributed by atoms with Gasteiger partial charge in [0.2, 0.25) is 5.91 Å². The van der Waals surface area contributed by atoms with Crippen LogP contribution in [0.25, 0.3) is 0 Å². The Balaban J connectivity index is 1.87. The Morgan fingerprint density at radius 3 is 2.03 bits per heavy atom. The summed E-state index contributed by atoms with van der Waals surface area (Å²) in [6.07, 6.45) is 0. The summed E-state index contributed by atoms with van der Waals surface area (Å²) in [6, 6.07) is 12.0. The van der Waals surface area contributed by atoms with Crippen molar-refractivity contribution < 1.29 is 24.3 Å². The minimum atomic E-state index is -0.997. The molecular weight excluding hydrogens is 372 g/mol. The molecule has 0 saturated carbocycles. The average Bonchev–Trinajstić information content (AvgIpc) is 2.93. The summed E-state index contributed by atoms with van der Waals surface area (Å²) in [7, 11) is 0. The lowest BCUT2D eigenvalue weighted by molar-refractivity contribution is -0.138. The van der Waals surface area contributed by atoms with Crippen molar-refractivity contribution in [1.29, 1.82) is 0 Å². The topological polar surface area (TPSA) is 104 Å². The van der Waals surface area contributed by atoms with Crippen LogP contribution in [0.3, 0.4) is 0 Å². The molecule has 0 aliphatic carbocycles. The molecule has 0 spiro atoms. The number of amides is 3. The van der Waals surface area contributed by atoms with Crippen LogP contribution >= 0.6 is 0 Å². The summed E-state index contributed by atoms with van der Waals surface area (Å²) < 4.78 is 0. The van der Waals surface area contributed by atoms with Crippen molar-refractivity contribution in [2.24, 2.45) is 5.92 Å². The molecule has 1 aliphatic rings. The molecule has 7 nitrogen and oxygen atoms in total. The number of nitrogens with zero attached hydrogens (tertiary/aromatic N) is 1. The molecule has 2 aromatic rings. The van der Waals surface area contributed by atoms with Gasteiger partial charge in [0, 0.05) is 5.69 Å². The first-order valence-electron chi connectivity index (χ1n) is 9.33. The Kier molecular flexibility index (Phi) is 5.50.